The van der Waals surface area contributed by atoms with E-state index in [0.29, 0.717) is 12.1 Å². The summed E-state index contributed by atoms with van der Waals surface area (Å²) in [6, 6.07) is 6.39. The van der Waals surface area contributed by atoms with Gasteiger partial charge in [-0.25, -0.2) is 8.42 Å². The molecule has 1 aromatic rings. The lowest BCUT2D eigenvalue weighted by molar-refractivity contribution is -0.0258. The molecule has 0 bridgehead atoms. The molecule has 0 aromatic heterocycles. The number of hydroxylamine groups is 1. The molecular formula is C16H24N2O4S. The molecule has 6 nitrogen and oxygen atoms in total. The summed E-state index contributed by atoms with van der Waals surface area (Å²) in [5.41, 5.74) is 0.393. The molecule has 0 atom stereocenters. The fourth-order valence-electron chi connectivity index (χ4n) is 2.99. The Labute approximate surface area is 138 Å². The number of nitrogens with zero attached hydrogens (tertiary/aromatic N) is 2. The molecule has 0 unspecified atom stereocenters. The summed E-state index contributed by atoms with van der Waals surface area (Å²) in [7, 11) is -1.15. The zero-order valence-corrected chi connectivity index (χ0v) is 14.7. The Bertz CT molecular complexity index is 654. The Morgan fingerprint density at radius 2 is 1.96 bits per heavy atom. The van der Waals surface area contributed by atoms with Gasteiger partial charge in [0.05, 0.1) is 12.0 Å². The Morgan fingerprint density at radius 1 is 1.30 bits per heavy atom. The molecule has 1 saturated carbocycles. The Morgan fingerprint density at radius 3 is 2.52 bits per heavy atom. The van der Waals surface area contributed by atoms with Crippen LogP contribution in [-0.2, 0) is 14.9 Å². The van der Waals surface area contributed by atoms with Gasteiger partial charge < -0.3 is 4.90 Å². The molecule has 0 heterocycles. The molecule has 128 valence electrons. The molecule has 0 radical (unpaired) electrons. The zero-order chi connectivity index (χ0) is 17.0. The number of carbonyl (C=O) groups excluding carboxylic acids is 1. The van der Waals surface area contributed by atoms with Crippen LogP contribution in [0.3, 0.4) is 0 Å². The largest absolute Gasteiger partial charge is 0.336 e. The van der Waals surface area contributed by atoms with Crippen molar-refractivity contribution in [3.63, 3.8) is 0 Å². The smallest absolute Gasteiger partial charge is 0.264 e. The molecule has 7 heteroatoms. The average Bonchev–Trinajstić information content (AvgIpc) is 3.09. The van der Waals surface area contributed by atoms with Crippen LogP contribution in [0.25, 0.3) is 0 Å². The van der Waals surface area contributed by atoms with E-state index in [1.54, 1.807) is 12.1 Å². The van der Waals surface area contributed by atoms with Gasteiger partial charge in [0.1, 0.15) is 0 Å². The molecule has 1 amide bonds. The van der Waals surface area contributed by atoms with Crippen molar-refractivity contribution < 1.29 is 18.0 Å². The van der Waals surface area contributed by atoms with Gasteiger partial charge in [-0.3, -0.25) is 9.63 Å². The van der Waals surface area contributed by atoms with Crippen molar-refractivity contribution in [2.24, 2.45) is 0 Å². The van der Waals surface area contributed by atoms with Crippen molar-refractivity contribution in [2.45, 2.75) is 43.5 Å². The molecule has 0 saturated heterocycles. The minimum absolute atomic E-state index is 0.0511. The third-order valence-corrected chi connectivity index (χ3v) is 6.02. The van der Waals surface area contributed by atoms with Crippen LogP contribution in [0.5, 0.6) is 0 Å². The van der Waals surface area contributed by atoms with E-state index in [1.807, 2.05) is 11.8 Å². The van der Waals surface area contributed by atoms with Crippen LogP contribution in [0.15, 0.2) is 29.2 Å². The SMILES string of the molecule is CCN(C(=O)c1cccc(S(=O)(=O)N(C)OC)c1)C1CCCC1. The lowest BCUT2D eigenvalue weighted by atomic mass is 10.1. The highest BCUT2D eigenvalue weighted by Gasteiger charge is 2.27. The Hall–Kier alpha value is -1.44. The number of hydrogen-bond acceptors (Lipinski definition) is 4. The third-order valence-electron chi connectivity index (χ3n) is 4.34. The fraction of sp³-hybridized carbons (Fsp3) is 0.562. The first-order valence-corrected chi connectivity index (χ1v) is 9.30. The second-order valence-electron chi connectivity index (χ2n) is 5.65. The monoisotopic (exact) mass is 340 g/mol. The number of sulfonamides is 1. The lowest BCUT2D eigenvalue weighted by Gasteiger charge is -2.28. The van der Waals surface area contributed by atoms with Crippen LogP contribution >= 0.6 is 0 Å². The number of carbonyl (C=O) groups is 1. The van der Waals surface area contributed by atoms with Crippen LogP contribution in [0.4, 0.5) is 0 Å². The summed E-state index contributed by atoms with van der Waals surface area (Å²) in [4.78, 5) is 19.4. The van der Waals surface area contributed by atoms with E-state index in [-0.39, 0.29) is 16.8 Å². The van der Waals surface area contributed by atoms with Gasteiger partial charge in [0.25, 0.3) is 15.9 Å². The third kappa shape index (κ3) is 3.73. The first-order chi connectivity index (χ1) is 10.9. The second-order valence-corrected chi connectivity index (χ2v) is 7.59. The van der Waals surface area contributed by atoms with E-state index in [4.69, 9.17) is 4.84 Å². The maximum Gasteiger partial charge on any atom is 0.264 e. The molecule has 1 fully saturated rings. The van der Waals surface area contributed by atoms with Gasteiger partial charge in [-0.15, -0.1) is 0 Å². The van der Waals surface area contributed by atoms with Crippen molar-refractivity contribution in [1.82, 2.24) is 9.37 Å². The molecule has 0 aliphatic heterocycles. The number of hydrogen-bond donors (Lipinski definition) is 0. The molecule has 1 aliphatic carbocycles. The van der Waals surface area contributed by atoms with Crippen molar-refractivity contribution in [2.75, 3.05) is 20.7 Å². The predicted octanol–water partition coefficient (Wildman–Crippen LogP) is 2.27. The van der Waals surface area contributed by atoms with Gasteiger partial charge in [-0.2, -0.15) is 0 Å². The summed E-state index contributed by atoms with van der Waals surface area (Å²) < 4.78 is 25.4. The minimum atomic E-state index is -3.76. The number of amides is 1. The van der Waals surface area contributed by atoms with Gasteiger partial charge in [0.15, 0.2) is 0 Å². The van der Waals surface area contributed by atoms with Crippen molar-refractivity contribution in [1.29, 1.82) is 0 Å². The zero-order valence-electron chi connectivity index (χ0n) is 13.9. The van der Waals surface area contributed by atoms with E-state index in [0.717, 1.165) is 30.2 Å². The standard InChI is InChI=1S/C16H24N2O4S/c1-4-18(14-9-5-6-10-14)16(19)13-8-7-11-15(12-13)23(20,21)17(2)22-3/h7-8,11-12,14H,4-6,9-10H2,1-3H3. The van der Waals surface area contributed by atoms with E-state index in [9.17, 15) is 13.2 Å². The van der Waals surface area contributed by atoms with Crippen LogP contribution in [-0.4, -0.2) is 50.4 Å². The van der Waals surface area contributed by atoms with Crippen LogP contribution in [0.1, 0.15) is 43.0 Å². The first kappa shape index (κ1) is 17.9. The molecule has 1 aliphatic rings. The summed E-state index contributed by atoms with van der Waals surface area (Å²) >= 11 is 0. The quantitative estimate of drug-likeness (QED) is 0.745. The van der Waals surface area contributed by atoms with Crippen molar-refractivity contribution in [3.05, 3.63) is 29.8 Å². The molecule has 0 spiro atoms. The molecule has 1 aromatic carbocycles. The Balaban J connectivity index is 2.30. The normalized spacial score (nSPS) is 16.0. The van der Waals surface area contributed by atoms with Crippen LogP contribution in [0, 0.1) is 0 Å². The first-order valence-electron chi connectivity index (χ1n) is 7.86. The molecule has 23 heavy (non-hydrogen) atoms. The highest BCUT2D eigenvalue weighted by molar-refractivity contribution is 7.89. The van der Waals surface area contributed by atoms with Gasteiger partial charge in [0.2, 0.25) is 0 Å². The molecule has 0 N–H and O–H groups in total. The van der Waals surface area contributed by atoms with Crippen molar-refractivity contribution in [3.8, 4) is 0 Å². The van der Waals surface area contributed by atoms with E-state index < -0.39 is 10.0 Å². The lowest BCUT2D eigenvalue weighted by Crippen LogP contribution is -2.38. The molecular weight excluding hydrogens is 316 g/mol. The van der Waals surface area contributed by atoms with Crippen molar-refractivity contribution >= 4 is 15.9 Å². The van der Waals surface area contributed by atoms with Gasteiger partial charge in [0, 0.05) is 25.2 Å². The van der Waals surface area contributed by atoms with E-state index in [1.165, 1.54) is 26.3 Å². The van der Waals surface area contributed by atoms with Gasteiger partial charge in [-0.1, -0.05) is 23.4 Å². The number of rotatable bonds is 6. The highest BCUT2D eigenvalue weighted by Crippen LogP contribution is 2.25. The van der Waals surface area contributed by atoms with Gasteiger partial charge >= 0.3 is 0 Å². The van der Waals surface area contributed by atoms with E-state index in [2.05, 4.69) is 0 Å². The summed E-state index contributed by atoms with van der Waals surface area (Å²) in [6.07, 6.45) is 4.32. The highest BCUT2D eigenvalue weighted by atomic mass is 32.2. The predicted molar refractivity (Wildman–Crippen MR) is 87.4 cm³/mol. The maximum atomic E-state index is 12.8. The summed E-state index contributed by atoms with van der Waals surface area (Å²) in [5, 5.41) is 0. The van der Waals surface area contributed by atoms with Crippen LogP contribution < -0.4 is 0 Å². The van der Waals surface area contributed by atoms with Gasteiger partial charge in [-0.05, 0) is 38.0 Å². The summed E-state index contributed by atoms with van der Waals surface area (Å²) in [6.45, 7) is 2.58. The summed E-state index contributed by atoms with van der Waals surface area (Å²) in [5.74, 6) is -0.114. The number of benzene rings is 1. The fourth-order valence-corrected chi connectivity index (χ4v) is 4.01. The second kappa shape index (κ2) is 7.42. The topological polar surface area (TPSA) is 66.9 Å². The molecule has 2 rings (SSSR count). The maximum absolute atomic E-state index is 12.8. The Kier molecular flexibility index (Phi) is 5.78. The van der Waals surface area contributed by atoms with E-state index >= 15 is 0 Å². The van der Waals surface area contributed by atoms with Crippen LogP contribution in [0.2, 0.25) is 0 Å². The minimum Gasteiger partial charge on any atom is -0.336 e. The average molecular weight is 340 g/mol.